The molecule has 0 amide bonds. The average Bonchev–Trinajstić information content (AvgIpc) is 2.40. The van der Waals surface area contributed by atoms with Crippen molar-refractivity contribution >= 4 is 0 Å². The zero-order valence-electron chi connectivity index (χ0n) is 8.48. The molecule has 2 aliphatic heterocycles. The number of nitrogens with two attached hydrogens (primary N) is 1. The number of nitrogens with zero attached hydrogens (tertiary/aromatic N) is 1. The molecule has 0 aromatic rings. The maximum absolute atomic E-state index is 9.71. The molecule has 0 radical (unpaired) electrons. The molecule has 4 atom stereocenters. The summed E-state index contributed by atoms with van der Waals surface area (Å²) in [5.74, 6) is 0. The highest BCUT2D eigenvalue weighted by atomic mass is 16.3. The van der Waals surface area contributed by atoms with Gasteiger partial charge in [-0.2, -0.15) is 0 Å². The van der Waals surface area contributed by atoms with E-state index >= 15 is 0 Å². The van der Waals surface area contributed by atoms with Crippen molar-refractivity contribution < 1.29 is 5.11 Å². The van der Waals surface area contributed by atoms with Crippen LogP contribution < -0.4 is 5.73 Å². The topological polar surface area (TPSA) is 49.5 Å². The summed E-state index contributed by atoms with van der Waals surface area (Å²) in [5.41, 5.74) is 6.00. The first-order valence-corrected chi connectivity index (χ1v) is 5.32. The lowest BCUT2D eigenvalue weighted by Crippen LogP contribution is -2.59. The maximum Gasteiger partial charge on any atom is 0.0721 e. The molecule has 13 heavy (non-hydrogen) atoms. The summed E-state index contributed by atoms with van der Waals surface area (Å²) in [6.45, 7) is 4.44. The lowest BCUT2D eigenvalue weighted by Gasteiger charge is -2.43. The SMILES string of the molecule is CC(C)N1[C@H]2CC[C@@H]1[C@H](N)[C@H](O)C2. The molecule has 0 unspecified atom stereocenters. The fraction of sp³-hybridized carbons (Fsp3) is 1.00. The van der Waals surface area contributed by atoms with E-state index in [1.54, 1.807) is 0 Å². The van der Waals surface area contributed by atoms with E-state index in [9.17, 15) is 5.11 Å². The van der Waals surface area contributed by atoms with E-state index in [0.29, 0.717) is 18.1 Å². The van der Waals surface area contributed by atoms with Crippen LogP contribution in [0.4, 0.5) is 0 Å². The average molecular weight is 184 g/mol. The minimum absolute atomic E-state index is 0.0267. The molecule has 0 saturated carbocycles. The molecule has 76 valence electrons. The van der Waals surface area contributed by atoms with Crippen LogP contribution in [0.5, 0.6) is 0 Å². The molecule has 2 fully saturated rings. The van der Waals surface area contributed by atoms with Gasteiger partial charge in [0.1, 0.15) is 0 Å². The molecule has 2 rings (SSSR count). The van der Waals surface area contributed by atoms with Gasteiger partial charge in [0.05, 0.1) is 6.10 Å². The van der Waals surface area contributed by atoms with Crippen molar-refractivity contribution in [3.05, 3.63) is 0 Å². The Hall–Kier alpha value is -0.120. The minimum atomic E-state index is -0.271. The van der Waals surface area contributed by atoms with Gasteiger partial charge in [0.2, 0.25) is 0 Å². The van der Waals surface area contributed by atoms with Gasteiger partial charge in [0.25, 0.3) is 0 Å². The fourth-order valence-corrected chi connectivity index (χ4v) is 3.06. The van der Waals surface area contributed by atoms with Crippen molar-refractivity contribution in [3.8, 4) is 0 Å². The van der Waals surface area contributed by atoms with Crippen molar-refractivity contribution in [2.24, 2.45) is 5.73 Å². The first kappa shape index (κ1) is 9.44. The van der Waals surface area contributed by atoms with Crippen LogP contribution in [-0.4, -0.2) is 40.3 Å². The highest BCUT2D eigenvalue weighted by molar-refractivity contribution is 5.03. The second-order valence-electron chi connectivity index (χ2n) is 4.72. The minimum Gasteiger partial charge on any atom is -0.391 e. The normalized spacial score (nSPS) is 45.9. The van der Waals surface area contributed by atoms with Crippen molar-refractivity contribution in [3.63, 3.8) is 0 Å². The van der Waals surface area contributed by atoms with E-state index in [-0.39, 0.29) is 12.1 Å². The van der Waals surface area contributed by atoms with Gasteiger partial charge in [0, 0.05) is 24.2 Å². The van der Waals surface area contributed by atoms with Gasteiger partial charge in [-0.15, -0.1) is 0 Å². The quantitative estimate of drug-likeness (QED) is 0.617. The van der Waals surface area contributed by atoms with E-state index in [4.69, 9.17) is 5.73 Å². The van der Waals surface area contributed by atoms with E-state index < -0.39 is 0 Å². The van der Waals surface area contributed by atoms with E-state index in [1.165, 1.54) is 12.8 Å². The molecule has 3 nitrogen and oxygen atoms in total. The summed E-state index contributed by atoms with van der Waals surface area (Å²) < 4.78 is 0. The Morgan fingerprint density at radius 1 is 1.38 bits per heavy atom. The fourth-order valence-electron chi connectivity index (χ4n) is 3.06. The molecule has 3 heteroatoms. The summed E-state index contributed by atoms with van der Waals surface area (Å²) >= 11 is 0. The molecule has 2 heterocycles. The van der Waals surface area contributed by atoms with Gasteiger partial charge in [-0.05, 0) is 33.1 Å². The Balaban J connectivity index is 2.16. The summed E-state index contributed by atoms with van der Waals surface area (Å²) in [6.07, 6.45) is 2.98. The molecule has 0 spiro atoms. The molecule has 3 N–H and O–H groups in total. The largest absolute Gasteiger partial charge is 0.391 e. The van der Waals surface area contributed by atoms with Gasteiger partial charge in [-0.25, -0.2) is 0 Å². The van der Waals surface area contributed by atoms with Crippen molar-refractivity contribution in [1.29, 1.82) is 0 Å². The third-order valence-electron chi connectivity index (χ3n) is 3.60. The number of rotatable bonds is 1. The Kier molecular flexibility index (Phi) is 2.34. The molecular weight excluding hydrogens is 164 g/mol. The smallest absolute Gasteiger partial charge is 0.0721 e. The summed E-state index contributed by atoms with van der Waals surface area (Å²) in [7, 11) is 0. The third-order valence-corrected chi connectivity index (χ3v) is 3.60. The van der Waals surface area contributed by atoms with Gasteiger partial charge < -0.3 is 10.8 Å². The van der Waals surface area contributed by atoms with Gasteiger partial charge in [-0.3, -0.25) is 4.90 Å². The Morgan fingerprint density at radius 2 is 2.08 bits per heavy atom. The maximum atomic E-state index is 9.71. The van der Waals surface area contributed by atoms with Crippen LogP contribution in [0.2, 0.25) is 0 Å². The monoisotopic (exact) mass is 184 g/mol. The summed E-state index contributed by atoms with van der Waals surface area (Å²) in [4.78, 5) is 2.50. The van der Waals surface area contributed by atoms with E-state index in [0.717, 1.165) is 6.42 Å². The number of hydrogen-bond donors (Lipinski definition) is 2. The van der Waals surface area contributed by atoms with Gasteiger partial charge in [0.15, 0.2) is 0 Å². The number of fused-ring (bicyclic) bond motifs is 2. The van der Waals surface area contributed by atoms with Crippen molar-refractivity contribution in [1.82, 2.24) is 4.90 Å². The second kappa shape index (κ2) is 3.23. The zero-order chi connectivity index (χ0) is 9.59. The lowest BCUT2D eigenvalue weighted by molar-refractivity contribution is 0.00115. The van der Waals surface area contributed by atoms with Gasteiger partial charge >= 0.3 is 0 Å². The first-order chi connectivity index (χ1) is 6.11. The van der Waals surface area contributed by atoms with Crippen LogP contribution in [0.25, 0.3) is 0 Å². The predicted octanol–water partition coefficient (Wildman–Crippen LogP) is 0.320. The van der Waals surface area contributed by atoms with Crippen LogP contribution in [0.15, 0.2) is 0 Å². The van der Waals surface area contributed by atoms with Crippen molar-refractivity contribution in [2.45, 2.75) is 63.4 Å². The standard InChI is InChI=1S/C10H20N2O/c1-6(2)12-7-3-4-8(12)10(11)9(13)5-7/h6-10,13H,3-5,11H2,1-2H3/t7-,8+,9+,10-/m0/s1. The Labute approximate surface area is 79.9 Å². The molecule has 2 saturated heterocycles. The van der Waals surface area contributed by atoms with Crippen LogP contribution in [-0.2, 0) is 0 Å². The number of aliphatic hydroxyl groups excluding tert-OH is 1. The number of piperidine rings is 1. The Bertz CT molecular complexity index is 195. The van der Waals surface area contributed by atoms with Crippen LogP contribution in [0, 0.1) is 0 Å². The highest BCUT2D eigenvalue weighted by Crippen LogP contribution is 2.36. The number of hydrogen-bond acceptors (Lipinski definition) is 3. The molecule has 0 aromatic carbocycles. The molecule has 0 aliphatic carbocycles. The summed E-state index contributed by atoms with van der Waals surface area (Å²) in [5, 5.41) is 9.71. The van der Waals surface area contributed by atoms with Crippen LogP contribution in [0.3, 0.4) is 0 Å². The van der Waals surface area contributed by atoms with Gasteiger partial charge in [-0.1, -0.05) is 0 Å². The lowest BCUT2D eigenvalue weighted by atomic mass is 9.94. The molecule has 0 aromatic heterocycles. The predicted molar refractivity (Wildman–Crippen MR) is 52.4 cm³/mol. The second-order valence-corrected chi connectivity index (χ2v) is 4.72. The zero-order valence-corrected chi connectivity index (χ0v) is 8.48. The molecule has 2 bridgehead atoms. The highest BCUT2D eigenvalue weighted by Gasteiger charge is 2.45. The molecular formula is C10H20N2O. The first-order valence-electron chi connectivity index (χ1n) is 5.32. The summed E-state index contributed by atoms with van der Waals surface area (Å²) in [6, 6.07) is 1.55. The molecule has 2 aliphatic rings. The van der Waals surface area contributed by atoms with E-state index in [1.807, 2.05) is 0 Å². The van der Waals surface area contributed by atoms with Crippen LogP contribution >= 0.6 is 0 Å². The number of aliphatic hydroxyl groups is 1. The van der Waals surface area contributed by atoms with Crippen LogP contribution in [0.1, 0.15) is 33.1 Å². The third kappa shape index (κ3) is 1.39. The van der Waals surface area contributed by atoms with Crippen molar-refractivity contribution in [2.75, 3.05) is 0 Å². The van der Waals surface area contributed by atoms with E-state index in [2.05, 4.69) is 18.7 Å². The Morgan fingerprint density at radius 3 is 2.69 bits per heavy atom.